The molecule has 15 heavy (non-hydrogen) atoms. The fourth-order valence-electron chi connectivity index (χ4n) is 1.24. The fourth-order valence-corrected chi connectivity index (χ4v) is 1.24. The Morgan fingerprint density at radius 1 is 1.13 bits per heavy atom. The number of rotatable bonds is 3. The Kier molecular flexibility index (Phi) is 3.86. The van der Waals surface area contributed by atoms with Gasteiger partial charge in [-0.25, -0.2) is 4.79 Å². The largest absolute Gasteiger partial charge is 0.478 e. The van der Waals surface area contributed by atoms with Gasteiger partial charge in [-0.2, -0.15) is 0 Å². The molecule has 0 bridgehead atoms. The van der Waals surface area contributed by atoms with Crippen molar-refractivity contribution in [3.8, 4) is 0 Å². The monoisotopic (exact) mass is 202 g/mol. The molecular weight excluding hydrogens is 188 g/mol. The van der Waals surface area contributed by atoms with Crippen molar-refractivity contribution in [1.82, 2.24) is 0 Å². The minimum atomic E-state index is -0.921. The van der Waals surface area contributed by atoms with Crippen LogP contribution in [0.2, 0.25) is 0 Å². The summed E-state index contributed by atoms with van der Waals surface area (Å²) in [6, 6.07) is 9.90. The molecule has 0 atom stereocenters. The lowest BCUT2D eigenvalue weighted by Gasteiger charge is -2.03. The lowest BCUT2D eigenvalue weighted by atomic mass is 10.0. The molecule has 1 rings (SSSR count). The van der Waals surface area contributed by atoms with Crippen molar-refractivity contribution in [2.75, 3.05) is 0 Å². The van der Waals surface area contributed by atoms with Crippen LogP contribution in [-0.4, -0.2) is 11.1 Å². The Hall–Kier alpha value is -1.83. The van der Waals surface area contributed by atoms with Gasteiger partial charge in [-0.15, -0.1) is 0 Å². The van der Waals surface area contributed by atoms with E-state index in [2.05, 4.69) is 0 Å². The summed E-state index contributed by atoms with van der Waals surface area (Å²) in [4.78, 5) is 10.4. The van der Waals surface area contributed by atoms with E-state index in [1.165, 1.54) is 0 Å². The molecule has 1 aromatic rings. The summed E-state index contributed by atoms with van der Waals surface area (Å²) in [6.07, 6.45) is 2.77. The van der Waals surface area contributed by atoms with Crippen LogP contribution in [0.4, 0.5) is 0 Å². The summed E-state index contributed by atoms with van der Waals surface area (Å²) in [5, 5.41) is 8.51. The van der Waals surface area contributed by atoms with E-state index in [1.807, 2.05) is 44.2 Å². The highest BCUT2D eigenvalue weighted by Crippen LogP contribution is 2.18. The second kappa shape index (κ2) is 5.15. The highest BCUT2D eigenvalue weighted by atomic mass is 16.4. The van der Waals surface area contributed by atoms with Crippen LogP contribution < -0.4 is 0 Å². The summed E-state index contributed by atoms with van der Waals surface area (Å²) < 4.78 is 0. The van der Waals surface area contributed by atoms with Gasteiger partial charge in [-0.1, -0.05) is 36.4 Å². The van der Waals surface area contributed by atoms with E-state index in [4.69, 9.17) is 5.11 Å². The van der Waals surface area contributed by atoms with E-state index in [0.717, 1.165) is 22.8 Å². The van der Waals surface area contributed by atoms with Gasteiger partial charge in [0.25, 0.3) is 0 Å². The Labute approximate surface area is 89.6 Å². The minimum absolute atomic E-state index is 0.921. The van der Waals surface area contributed by atoms with E-state index in [9.17, 15) is 4.79 Å². The standard InChI is InChI=1S/C13H14O2/c1-10(8-9-13(14)15)11(2)12-6-4-3-5-7-12/h3-9H,1-2H3,(H,14,15). The first-order valence-corrected chi connectivity index (χ1v) is 4.75. The van der Waals surface area contributed by atoms with Gasteiger partial charge < -0.3 is 5.11 Å². The molecule has 0 fully saturated rings. The fraction of sp³-hybridized carbons (Fsp3) is 0.154. The number of hydrogen-bond donors (Lipinski definition) is 1. The van der Waals surface area contributed by atoms with Crippen molar-refractivity contribution < 1.29 is 9.90 Å². The molecule has 1 N–H and O–H groups in total. The molecule has 0 spiro atoms. The summed E-state index contributed by atoms with van der Waals surface area (Å²) in [5.41, 5.74) is 3.17. The van der Waals surface area contributed by atoms with Crippen LogP contribution >= 0.6 is 0 Å². The zero-order valence-corrected chi connectivity index (χ0v) is 8.90. The molecule has 78 valence electrons. The van der Waals surface area contributed by atoms with Crippen LogP contribution in [0.1, 0.15) is 19.4 Å². The molecule has 0 aliphatic rings. The van der Waals surface area contributed by atoms with Crippen molar-refractivity contribution in [2.24, 2.45) is 0 Å². The predicted octanol–water partition coefficient (Wildman–Crippen LogP) is 3.12. The molecular formula is C13H14O2. The van der Waals surface area contributed by atoms with E-state index >= 15 is 0 Å². The lowest BCUT2D eigenvalue weighted by molar-refractivity contribution is -0.131. The van der Waals surface area contributed by atoms with Crippen LogP contribution in [0.3, 0.4) is 0 Å². The van der Waals surface area contributed by atoms with Gasteiger partial charge in [0.15, 0.2) is 0 Å². The Morgan fingerprint density at radius 3 is 2.27 bits per heavy atom. The highest BCUT2D eigenvalue weighted by Gasteiger charge is 1.97. The van der Waals surface area contributed by atoms with Gasteiger partial charge >= 0.3 is 5.97 Å². The molecule has 2 heteroatoms. The second-order valence-corrected chi connectivity index (χ2v) is 3.35. The van der Waals surface area contributed by atoms with Gasteiger partial charge in [-0.05, 0) is 30.6 Å². The van der Waals surface area contributed by atoms with Crippen LogP contribution in [0.25, 0.3) is 5.57 Å². The minimum Gasteiger partial charge on any atom is -0.478 e. The van der Waals surface area contributed by atoms with Crippen molar-refractivity contribution in [2.45, 2.75) is 13.8 Å². The zero-order valence-electron chi connectivity index (χ0n) is 8.90. The van der Waals surface area contributed by atoms with Gasteiger partial charge in [0, 0.05) is 6.08 Å². The van der Waals surface area contributed by atoms with Crippen LogP contribution in [-0.2, 0) is 4.79 Å². The van der Waals surface area contributed by atoms with E-state index in [1.54, 1.807) is 6.08 Å². The summed E-state index contributed by atoms with van der Waals surface area (Å²) >= 11 is 0. The molecule has 0 radical (unpaired) electrons. The average molecular weight is 202 g/mol. The van der Waals surface area contributed by atoms with Gasteiger partial charge in [0.05, 0.1) is 0 Å². The number of hydrogen-bond acceptors (Lipinski definition) is 1. The maximum atomic E-state index is 10.4. The third-order valence-electron chi connectivity index (χ3n) is 2.27. The Balaban J connectivity index is 2.96. The first kappa shape index (κ1) is 11.2. The maximum Gasteiger partial charge on any atom is 0.328 e. The van der Waals surface area contributed by atoms with Gasteiger partial charge in [0.2, 0.25) is 0 Å². The number of carbonyl (C=O) groups is 1. The number of benzene rings is 1. The third kappa shape index (κ3) is 3.43. The van der Waals surface area contributed by atoms with Crippen molar-refractivity contribution in [1.29, 1.82) is 0 Å². The first-order valence-electron chi connectivity index (χ1n) is 4.75. The molecule has 0 amide bonds. The SMILES string of the molecule is CC(C=CC(=O)O)=C(C)c1ccccc1. The first-order chi connectivity index (χ1) is 7.11. The van der Waals surface area contributed by atoms with Crippen molar-refractivity contribution >= 4 is 11.5 Å². The molecule has 0 saturated heterocycles. The molecule has 0 unspecified atom stereocenters. The molecule has 0 aliphatic heterocycles. The number of aliphatic carboxylic acids is 1. The van der Waals surface area contributed by atoms with Gasteiger partial charge in [-0.3, -0.25) is 0 Å². The topological polar surface area (TPSA) is 37.3 Å². The Morgan fingerprint density at radius 2 is 1.73 bits per heavy atom. The normalized spacial score (nSPS) is 12.7. The number of allylic oxidation sites excluding steroid dienone is 3. The molecule has 0 heterocycles. The molecule has 2 nitrogen and oxygen atoms in total. The summed E-state index contributed by atoms with van der Waals surface area (Å²) in [6.45, 7) is 3.89. The predicted molar refractivity (Wildman–Crippen MR) is 61.5 cm³/mol. The van der Waals surface area contributed by atoms with Crippen LogP contribution in [0, 0.1) is 0 Å². The van der Waals surface area contributed by atoms with Crippen molar-refractivity contribution in [3.63, 3.8) is 0 Å². The zero-order chi connectivity index (χ0) is 11.3. The third-order valence-corrected chi connectivity index (χ3v) is 2.27. The number of carboxylic acids is 1. The van der Waals surface area contributed by atoms with Crippen molar-refractivity contribution in [3.05, 3.63) is 53.6 Å². The van der Waals surface area contributed by atoms with Gasteiger partial charge in [0.1, 0.15) is 0 Å². The van der Waals surface area contributed by atoms with Crippen LogP contribution in [0.15, 0.2) is 48.1 Å². The van der Waals surface area contributed by atoms with E-state index < -0.39 is 5.97 Å². The summed E-state index contributed by atoms with van der Waals surface area (Å²) in [7, 11) is 0. The molecule has 0 saturated carbocycles. The average Bonchev–Trinajstić information content (AvgIpc) is 2.26. The maximum absolute atomic E-state index is 10.4. The molecule has 0 aliphatic carbocycles. The lowest BCUT2D eigenvalue weighted by Crippen LogP contribution is -1.87. The highest BCUT2D eigenvalue weighted by molar-refractivity contribution is 5.81. The summed E-state index contributed by atoms with van der Waals surface area (Å²) in [5.74, 6) is -0.921. The van der Waals surface area contributed by atoms with Crippen LogP contribution in [0.5, 0.6) is 0 Å². The second-order valence-electron chi connectivity index (χ2n) is 3.35. The van der Waals surface area contributed by atoms with E-state index in [0.29, 0.717) is 0 Å². The van der Waals surface area contributed by atoms with E-state index in [-0.39, 0.29) is 0 Å². The Bertz CT molecular complexity index is 400. The molecule has 0 aromatic heterocycles. The quantitative estimate of drug-likeness (QED) is 0.604. The molecule has 1 aromatic carbocycles. The smallest absolute Gasteiger partial charge is 0.328 e. The number of carboxylic acid groups (broad SMARTS) is 1.